The first-order chi connectivity index (χ1) is 8.60. The summed E-state index contributed by atoms with van der Waals surface area (Å²) in [6.07, 6.45) is -1.78. The van der Waals surface area contributed by atoms with Crippen LogP contribution in [0.25, 0.3) is 0 Å². The average Bonchev–Trinajstić information content (AvgIpc) is 2.62. The van der Waals surface area contributed by atoms with Crippen molar-refractivity contribution in [1.82, 2.24) is 0 Å². The van der Waals surface area contributed by atoms with E-state index in [0.717, 1.165) is 5.69 Å². The normalized spacial score (nSPS) is 31.9. The third-order valence-corrected chi connectivity index (χ3v) is 3.53. The molecule has 0 radical (unpaired) electrons. The van der Waals surface area contributed by atoms with Crippen molar-refractivity contribution in [1.29, 1.82) is 0 Å². The third-order valence-electron chi connectivity index (χ3n) is 3.53. The van der Waals surface area contributed by atoms with Crippen LogP contribution in [0.1, 0.15) is 0 Å². The monoisotopic (exact) mass is 252 g/mol. The molecule has 6 heteroatoms. The second-order valence-electron chi connectivity index (χ2n) is 4.59. The Morgan fingerprint density at radius 1 is 0.944 bits per heavy atom. The molecule has 4 atom stereocenters. The second-order valence-corrected chi connectivity index (χ2v) is 4.59. The summed E-state index contributed by atoms with van der Waals surface area (Å²) < 4.78 is 0. The van der Waals surface area contributed by atoms with E-state index in [0.29, 0.717) is 5.69 Å². The molecule has 0 aromatic heterocycles. The van der Waals surface area contributed by atoms with Crippen LogP contribution < -0.4 is 22.1 Å². The SMILES string of the molecule is NCC1C(O)C(O)C(CN)N1c1ccc(N)cc1. The fourth-order valence-electron chi connectivity index (χ4n) is 2.57. The Hall–Kier alpha value is -1.34. The molecule has 4 unspecified atom stereocenters. The maximum Gasteiger partial charge on any atom is 0.103 e. The van der Waals surface area contributed by atoms with Gasteiger partial charge in [-0.2, -0.15) is 0 Å². The van der Waals surface area contributed by atoms with Gasteiger partial charge in [0, 0.05) is 24.5 Å². The van der Waals surface area contributed by atoms with E-state index in [1.807, 2.05) is 17.0 Å². The Morgan fingerprint density at radius 2 is 1.39 bits per heavy atom. The number of rotatable bonds is 3. The van der Waals surface area contributed by atoms with Gasteiger partial charge in [-0.25, -0.2) is 0 Å². The summed E-state index contributed by atoms with van der Waals surface area (Å²) in [7, 11) is 0. The van der Waals surface area contributed by atoms with Crippen LogP contribution in [0.3, 0.4) is 0 Å². The predicted molar refractivity (Wildman–Crippen MR) is 71.0 cm³/mol. The molecule has 100 valence electrons. The Balaban J connectivity index is 2.35. The van der Waals surface area contributed by atoms with Gasteiger partial charge in [0.15, 0.2) is 0 Å². The van der Waals surface area contributed by atoms with E-state index >= 15 is 0 Å². The van der Waals surface area contributed by atoms with Crippen molar-refractivity contribution in [2.45, 2.75) is 24.3 Å². The minimum Gasteiger partial charge on any atom is -0.399 e. The maximum absolute atomic E-state index is 9.99. The topological polar surface area (TPSA) is 122 Å². The molecule has 1 aliphatic rings. The molecule has 0 amide bonds. The third kappa shape index (κ3) is 2.04. The summed E-state index contributed by atoms with van der Waals surface area (Å²) in [5, 5.41) is 20.0. The molecule has 1 fully saturated rings. The van der Waals surface area contributed by atoms with E-state index in [1.54, 1.807) is 12.1 Å². The van der Waals surface area contributed by atoms with Crippen molar-refractivity contribution in [3.63, 3.8) is 0 Å². The highest BCUT2D eigenvalue weighted by Gasteiger charge is 2.46. The summed E-state index contributed by atoms with van der Waals surface area (Å²) in [6.45, 7) is 0.498. The van der Waals surface area contributed by atoms with Gasteiger partial charge in [-0.05, 0) is 24.3 Å². The number of nitrogen functional groups attached to an aromatic ring is 1. The minimum atomic E-state index is -0.888. The van der Waals surface area contributed by atoms with Gasteiger partial charge < -0.3 is 32.3 Å². The lowest BCUT2D eigenvalue weighted by Gasteiger charge is -2.31. The molecule has 6 nitrogen and oxygen atoms in total. The Morgan fingerprint density at radius 3 is 1.78 bits per heavy atom. The molecule has 1 saturated heterocycles. The molecular formula is C12H20N4O2. The number of hydrogen-bond acceptors (Lipinski definition) is 6. The lowest BCUT2D eigenvalue weighted by Crippen LogP contribution is -2.46. The fraction of sp³-hybridized carbons (Fsp3) is 0.500. The average molecular weight is 252 g/mol. The molecule has 1 heterocycles. The first kappa shape index (κ1) is 13.1. The Kier molecular flexibility index (Phi) is 3.72. The van der Waals surface area contributed by atoms with Gasteiger partial charge in [-0.15, -0.1) is 0 Å². The van der Waals surface area contributed by atoms with Gasteiger partial charge >= 0.3 is 0 Å². The number of aliphatic hydroxyl groups is 2. The van der Waals surface area contributed by atoms with Gasteiger partial charge in [0.25, 0.3) is 0 Å². The van der Waals surface area contributed by atoms with E-state index in [9.17, 15) is 10.2 Å². The zero-order valence-electron chi connectivity index (χ0n) is 10.1. The summed E-state index contributed by atoms with van der Waals surface area (Å²) in [6, 6.07) is 6.55. The van der Waals surface area contributed by atoms with Crippen LogP contribution in [-0.4, -0.2) is 47.6 Å². The number of benzene rings is 1. The Labute approximate surface area is 106 Å². The van der Waals surface area contributed by atoms with E-state index in [-0.39, 0.29) is 25.2 Å². The van der Waals surface area contributed by atoms with Crippen LogP contribution in [0.15, 0.2) is 24.3 Å². The van der Waals surface area contributed by atoms with Crippen LogP contribution in [0.4, 0.5) is 11.4 Å². The second kappa shape index (κ2) is 5.11. The zero-order chi connectivity index (χ0) is 13.3. The molecule has 1 aliphatic heterocycles. The van der Waals surface area contributed by atoms with Gasteiger partial charge in [0.2, 0.25) is 0 Å². The van der Waals surface area contributed by atoms with E-state index in [2.05, 4.69) is 0 Å². The van der Waals surface area contributed by atoms with Gasteiger partial charge in [0.05, 0.1) is 12.1 Å². The lowest BCUT2D eigenvalue weighted by molar-refractivity contribution is 0.0303. The number of aliphatic hydroxyl groups excluding tert-OH is 2. The fourth-order valence-corrected chi connectivity index (χ4v) is 2.57. The summed E-state index contributed by atoms with van der Waals surface area (Å²) in [5.74, 6) is 0. The highest BCUT2D eigenvalue weighted by atomic mass is 16.3. The molecule has 2 rings (SSSR count). The first-order valence-corrected chi connectivity index (χ1v) is 6.00. The van der Waals surface area contributed by atoms with Gasteiger partial charge in [-0.3, -0.25) is 0 Å². The van der Waals surface area contributed by atoms with Crippen LogP contribution >= 0.6 is 0 Å². The van der Waals surface area contributed by atoms with Gasteiger partial charge in [0.1, 0.15) is 12.2 Å². The van der Waals surface area contributed by atoms with Crippen LogP contribution in [0.2, 0.25) is 0 Å². The molecule has 0 bridgehead atoms. The van der Waals surface area contributed by atoms with E-state index < -0.39 is 12.2 Å². The highest BCUT2D eigenvalue weighted by molar-refractivity contribution is 5.56. The minimum absolute atomic E-state index is 0.249. The van der Waals surface area contributed by atoms with E-state index in [4.69, 9.17) is 17.2 Å². The zero-order valence-corrected chi connectivity index (χ0v) is 10.1. The van der Waals surface area contributed by atoms with Crippen molar-refractivity contribution in [3.05, 3.63) is 24.3 Å². The van der Waals surface area contributed by atoms with Crippen molar-refractivity contribution in [2.75, 3.05) is 23.7 Å². The van der Waals surface area contributed by atoms with Crippen molar-refractivity contribution < 1.29 is 10.2 Å². The number of anilines is 2. The van der Waals surface area contributed by atoms with Crippen LogP contribution in [0.5, 0.6) is 0 Å². The van der Waals surface area contributed by atoms with Gasteiger partial charge in [-0.1, -0.05) is 0 Å². The maximum atomic E-state index is 9.99. The Bertz CT molecular complexity index is 382. The molecule has 18 heavy (non-hydrogen) atoms. The summed E-state index contributed by atoms with van der Waals surface area (Å²) >= 11 is 0. The molecule has 0 aliphatic carbocycles. The van der Waals surface area contributed by atoms with Crippen LogP contribution in [-0.2, 0) is 0 Å². The van der Waals surface area contributed by atoms with E-state index in [1.165, 1.54) is 0 Å². The quantitative estimate of drug-likeness (QED) is 0.416. The highest BCUT2D eigenvalue weighted by Crippen LogP contribution is 2.30. The largest absolute Gasteiger partial charge is 0.399 e. The molecule has 8 N–H and O–H groups in total. The summed E-state index contributed by atoms with van der Waals surface area (Å²) in [4.78, 5) is 1.88. The van der Waals surface area contributed by atoms with Crippen molar-refractivity contribution >= 4 is 11.4 Å². The summed E-state index contributed by atoms with van der Waals surface area (Å²) in [5.41, 5.74) is 18.5. The molecule has 1 aromatic rings. The van der Waals surface area contributed by atoms with Crippen molar-refractivity contribution in [2.24, 2.45) is 11.5 Å². The smallest absolute Gasteiger partial charge is 0.103 e. The first-order valence-electron chi connectivity index (χ1n) is 6.00. The molecule has 0 saturated carbocycles. The molecule has 1 aromatic carbocycles. The lowest BCUT2D eigenvalue weighted by atomic mass is 10.1. The standard InChI is InChI=1S/C12H20N4O2/c13-5-9-11(17)12(18)10(6-14)16(9)8-3-1-7(15)2-4-8/h1-4,9-12,17-18H,5-6,13-15H2. The van der Waals surface area contributed by atoms with Crippen molar-refractivity contribution in [3.8, 4) is 0 Å². The molecular weight excluding hydrogens is 232 g/mol. The number of nitrogens with zero attached hydrogens (tertiary/aromatic N) is 1. The van der Waals surface area contributed by atoms with Crippen LogP contribution in [0, 0.1) is 0 Å². The number of hydrogen-bond donors (Lipinski definition) is 5. The molecule has 0 spiro atoms. The predicted octanol–water partition coefficient (Wildman–Crippen LogP) is -1.53. The number of nitrogens with two attached hydrogens (primary N) is 3.